The quantitative estimate of drug-likeness (QED) is 0.535. The molecule has 2 heterocycles. The summed E-state index contributed by atoms with van der Waals surface area (Å²) in [4.78, 5) is 19.9. The van der Waals surface area contributed by atoms with Gasteiger partial charge in [0.2, 0.25) is 11.8 Å². The van der Waals surface area contributed by atoms with E-state index < -0.39 is 0 Å². The van der Waals surface area contributed by atoms with Gasteiger partial charge in [-0.05, 0) is 24.1 Å². The molecule has 0 atom stereocenters. The molecule has 0 spiro atoms. The Kier molecular flexibility index (Phi) is 4.70. The number of imidazole rings is 1. The van der Waals surface area contributed by atoms with Gasteiger partial charge in [0.15, 0.2) is 0 Å². The van der Waals surface area contributed by atoms with E-state index in [0.717, 1.165) is 28.8 Å². The highest BCUT2D eigenvalue weighted by molar-refractivity contribution is 5.90. The van der Waals surface area contributed by atoms with Crippen LogP contribution in [0.25, 0.3) is 22.3 Å². The summed E-state index contributed by atoms with van der Waals surface area (Å²) in [6.45, 7) is 2.12. The van der Waals surface area contributed by atoms with E-state index in [1.165, 1.54) is 5.56 Å². The van der Waals surface area contributed by atoms with E-state index in [2.05, 4.69) is 39.5 Å². The molecule has 27 heavy (non-hydrogen) atoms. The van der Waals surface area contributed by atoms with Gasteiger partial charge in [-0.3, -0.25) is 10.1 Å². The predicted molar refractivity (Wildman–Crippen MR) is 104 cm³/mol. The highest BCUT2D eigenvalue weighted by Crippen LogP contribution is 2.22. The maximum Gasteiger partial charge on any atom is 0.231 e. The van der Waals surface area contributed by atoms with E-state index in [4.69, 9.17) is 4.52 Å². The smallest absolute Gasteiger partial charge is 0.231 e. The fourth-order valence-corrected chi connectivity index (χ4v) is 2.94. The summed E-state index contributed by atoms with van der Waals surface area (Å²) in [5.41, 5.74) is 4.80. The number of aryl methyl sites for hydroxylation is 2. The number of benzene rings is 2. The molecule has 0 fully saturated rings. The molecule has 4 aromatic rings. The average Bonchev–Trinajstić information content (AvgIpc) is 3.33. The molecule has 2 aromatic carbocycles. The van der Waals surface area contributed by atoms with Crippen LogP contribution in [0.2, 0.25) is 0 Å². The van der Waals surface area contributed by atoms with Gasteiger partial charge in [-0.2, -0.15) is 0 Å². The number of nitrogens with one attached hydrogen (secondary N) is 2. The Balaban J connectivity index is 1.36. The second-order valence-corrected chi connectivity index (χ2v) is 6.38. The van der Waals surface area contributed by atoms with Crippen molar-refractivity contribution in [2.45, 2.75) is 26.2 Å². The van der Waals surface area contributed by atoms with Crippen LogP contribution in [0.15, 0.2) is 59.1 Å². The van der Waals surface area contributed by atoms with E-state index in [1.807, 2.05) is 36.4 Å². The Morgan fingerprint density at radius 1 is 1.15 bits per heavy atom. The van der Waals surface area contributed by atoms with E-state index >= 15 is 0 Å². The van der Waals surface area contributed by atoms with Crippen LogP contribution in [0.5, 0.6) is 0 Å². The van der Waals surface area contributed by atoms with Gasteiger partial charge in [-0.25, -0.2) is 4.98 Å². The average molecular weight is 360 g/mol. The van der Waals surface area contributed by atoms with E-state index in [0.29, 0.717) is 24.4 Å². The summed E-state index contributed by atoms with van der Waals surface area (Å²) in [7, 11) is 0. The highest BCUT2D eigenvalue weighted by Gasteiger charge is 2.11. The van der Waals surface area contributed by atoms with Crippen molar-refractivity contribution in [3.05, 3.63) is 66.0 Å². The molecule has 4 rings (SSSR count). The third-order valence-electron chi connectivity index (χ3n) is 4.46. The normalized spacial score (nSPS) is 11.0. The number of fused-ring (bicyclic) bond motifs is 1. The van der Waals surface area contributed by atoms with Crippen molar-refractivity contribution < 1.29 is 9.32 Å². The molecule has 0 bridgehead atoms. The molecule has 1 amide bonds. The molecule has 2 aromatic heterocycles. The fraction of sp³-hybridized carbons (Fsp3) is 0.190. The first-order chi connectivity index (χ1) is 13.2. The first kappa shape index (κ1) is 17.0. The lowest BCUT2D eigenvalue weighted by molar-refractivity contribution is -0.116. The Labute approximate surface area is 156 Å². The minimum atomic E-state index is -0.139. The number of hydrogen-bond donors (Lipinski definition) is 2. The molecule has 2 N–H and O–H groups in total. The van der Waals surface area contributed by atoms with Crippen LogP contribution in [0, 0.1) is 0 Å². The van der Waals surface area contributed by atoms with E-state index in [-0.39, 0.29) is 5.91 Å². The van der Waals surface area contributed by atoms with E-state index in [9.17, 15) is 4.79 Å². The first-order valence-electron chi connectivity index (χ1n) is 9.01. The summed E-state index contributed by atoms with van der Waals surface area (Å²) < 4.78 is 5.24. The zero-order chi connectivity index (χ0) is 18.6. The molecular weight excluding hydrogens is 340 g/mol. The van der Waals surface area contributed by atoms with Gasteiger partial charge in [-0.15, -0.1) is 0 Å². The fourth-order valence-electron chi connectivity index (χ4n) is 2.94. The molecule has 6 heteroatoms. The molecule has 0 saturated carbocycles. The molecule has 136 valence electrons. The van der Waals surface area contributed by atoms with Crippen molar-refractivity contribution in [2.24, 2.45) is 0 Å². The van der Waals surface area contributed by atoms with Gasteiger partial charge < -0.3 is 9.51 Å². The van der Waals surface area contributed by atoms with Gasteiger partial charge in [0.25, 0.3) is 0 Å². The largest absolute Gasteiger partial charge is 0.342 e. The topological polar surface area (TPSA) is 83.8 Å². The van der Waals surface area contributed by atoms with Crippen LogP contribution in [0.3, 0.4) is 0 Å². The molecule has 6 nitrogen and oxygen atoms in total. The Morgan fingerprint density at radius 2 is 1.96 bits per heavy atom. The van der Waals surface area contributed by atoms with Crippen molar-refractivity contribution in [3.8, 4) is 11.3 Å². The monoisotopic (exact) mass is 360 g/mol. The number of hydrogen-bond acceptors (Lipinski definition) is 4. The van der Waals surface area contributed by atoms with Gasteiger partial charge >= 0.3 is 0 Å². The number of aromatic nitrogens is 3. The summed E-state index contributed by atoms with van der Waals surface area (Å²) in [5, 5.41) is 6.78. The van der Waals surface area contributed by atoms with Crippen molar-refractivity contribution in [1.82, 2.24) is 15.1 Å². The number of H-pyrrole nitrogens is 1. The first-order valence-corrected chi connectivity index (χ1v) is 9.01. The Hall–Kier alpha value is -3.41. The predicted octanol–water partition coefficient (Wildman–Crippen LogP) is 4.35. The minimum absolute atomic E-state index is 0.139. The summed E-state index contributed by atoms with van der Waals surface area (Å²) in [6.07, 6.45) is 1.83. The molecular formula is C21H20N4O2. The molecule has 0 aliphatic heterocycles. The lowest BCUT2D eigenvalue weighted by Crippen LogP contribution is -2.12. The number of anilines is 1. The van der Waals surface area contributed by atoms with Crippen molar-refractivity contribution in [1.29, 1.82) is 0 Å². The molecule has 0 saturated heterocycles. The summed E-state index contributed by atoms with van der Waals surface area (Å²) in [6, 6.07) is 17.7. The lowest BCUT2D eigenvalue weighted by atomic mass is 10.1. The van der Waals surface area contributed by atoms with Crippen molar-refractivity contribution in [2.75, 3.05) is 5.32 Å². The second-order valence-electron chi connectivity index (χ2n) is 6.38. The number of rotatable bonds is 6. The lowest BCUT2D eigenvalue weighted by Gasteiger charge is -1.99. The standard InChI is InChI=1S/C21H20N4O2/c1-2-14-7-9-15(10-8-14)18-13-21(27-25-18)24-20(26)12-11-19-22-16-5-3-4-6-17(16)23-19/h3-10,13H,2,11-12H2,1H3,(H,22,23)(H,24,26). The maximum absolute atomic E-state index is 12.2. The molecule has 0 aliphatic carbocycles. The van der Waals surface area contributed by atoms with Crippen molar-refractivity contribution >= 4 is 22.8 Å². The van der Waals surface area contributed by atoms with Crippen LogP contribution >= 0.6 is 0 Å². The zero-order valence-corrected chi connectivity index (χ0v) is 15.0. The van der Waals surface area contributed by atoms with Gasteiger partial charge in [0.05, 0.1) is 11.0 Å². The third kappa shape index (κ3) is 3.89. The van der Waals surface area contributed by atoms with Gasteiger partial charge in [-0.1, -0.05) is 48.5 Å². The number of nitrogens with zero attached hydrogens (tertiary/aromatic N) is 2. The van der Waals surface area contributed by atoms with Crippen LogP contribution in [0.1, 0.15) is 24.7 Å². The van der Waals surface area contributed by atoms with Crippen LogP contribution in [-0.4, -0.2) is 21.0 Å². The molecule has 0 radical (unpaired) electrons. The number of carbonyl (C=O) groups excluding carboxylic acids is 1. The molecule has 0 aliphatic rings. The number of amides is 1. The zero-order valence-electron chi connectivity index (χ0n) is 15.0. The van der Waals surface area contributed by atoms with Crippen LogP contribution < -0.4 is 5.32 Å². The summed E-state index contributed by atoms with van der Waals surface area (Å²) >= 11 is 0. The van der Waals surface area contributed by atoms with E-state index in [1.54, 1.807) is 6.07 Å². The highest BCUT2D eigenvalue weighted by atomic mass is 16.5. The van der Waals surface area contributed by atoms with Crippen molar-refractivity contribution in [3.63, 3.8) is 0 Å². The Morgan fingerprint density at radius 3 is 2.74 bits per heavy atom. The second kappa shape index (κ2) is 7.45. The van der Waals surface area contributed by atoms with Crippen LogP contribution in [-0.2, 0) is 17.6 Å². The van der Waals surface area contributed by atoms with Gasteiger partial charge in [0, 0.05) is 24.5 Å². The Bertz CT molecular complexity index is 1030. The number of aromatic amines is 1. The van der Waals surface area contributed by atoms with Gasteiger partial charge in [0.1, 0.15) is 11.5 Å². The third-order valence-corrected chi connectivity index (χ3v) is 4.46. The maximum atomic E-state index is 12.2. The number of para-hydroxylation sites is 2. The SMILES string of the molecule is CCc1ccc(-c2cc(NC(=O)CCc3nc4ccccc4[nH]3)on2)cc1. The van der Waals surface area contributed by atoms with Crippen LogP contribution in [0.4, 0.5) is 5.88 Å². The number of carbonyl (C=O) groups is 1. The minimum Gasteiger partial charge on any atom is -0.342 e. The molecule has 0 unspecified atom stereocenters. The summed E-state index contributed by atoms with van der Waals surface area (Å²) in [5.74, 6) is 0.999.